The lowest BCUT2D eigenvalue weighted by atomic mass is 9.70. The summed E-state index contributed by atoms with van der Waals surface area (Å²) in [6.45, 7) is 9.50. The lowest BCUT2D eigenvalue weighted by Crippen LogP contribution is -2.51. The number of ether oxygens (including phenoxy) is 1. The molecule has 2 unspecified atom stereocenters. The second-order valence-corrected chi connectivity index (χ2v) is 15.6. The number of hydrogen-bond acceptors (Lipinski definition) is 7. The molecule has 2 heterocycles. The van der Waals surface area contributed by atoms with E-state index in [-0.39, 0.29) is 48.8 Å². The van der Waals surface area contributed by atoms with Crippen molar-refractivity contribution >= 4 is 33.1 Å². The number of hydrogen-bond donors (Lipinski definition) is 0. The summed E-state index contributed by atoms with van der Waals surface area (Å²) in [5.41, 5.74) is 0.502. The fraction of sp³-hybridized carbons (Fsp3) is 0.613. The number of Topliss-reactive ketones (excluding diaryl/α,β-unsaturated/α-hetero) is 1. The third-order valence-corrected chi connectivity index (χ3v) is 12.9. The van der Waals surface area contributed by atoms with Crippen LogP contribution in [0.3, 0.4) is 0 Å². The molecular weight excluding hydrogens is 577 g/mol. The summed E-state index contributed by atoms with van der Waals surface area (Å²) in [7, 11) is -3.97. The summed E-state index contributed by atoms with van der Waals surface area (Å²) < 4.78 is 48.8. The van der Waals surface area contributed by atoms with Crippen molar-refractivity contribution in [2.45, 2.75) is 53.1 Å². The number of ketones is 1. The molecule has 3 aliphatic rings. The van der Waals surface area contributed by atoms with Crippen LogP contribution in [0.15, 0.2) is 35.7 Å². The molecule has 0 N–H and O–H groups in total. The minimum Gasteiger partial charge on any atom is -0.379 e. The Morgan fingerprint density at radius 2 is 1.86 bits per heavy atom. The smallest absolute Gasteiger partial charge is 0.238 e. The van der Waals surface area contributed by atoms with Crippen molar-refractivity contribution in [1.29, 1.82) is 0 Å². The van der Waals surface area contributed by atoms with Crippen molar-refractivity contribution in [2.24, 2.45) is 16.7 Å². The number of morpholine rings is 1. The maximum absolute atomic E-state index is 14.2. The Bertz CT molecular complexity index is 1390. The molecule has 42 heavy (non-hydrogen) atoms. The largest absolute Gasteiger partial charge is 0.379 e. The van der Waals surface area contributed by atoms with Gasteiger partial charge in [0.1, 0.15) is 11.6 Å². The van der Waals surface area contributed by atoms with E-state index in [0.717, 1.165) is 22.4 Å². The van der Waals surface area contributed by atoms with Gasteiger partial charge >= 0.3 is 0 Å². The minimum atomic E-state index is -3.97. The minimum absolute atomic E-state index is 0.0397. The van der Waals surface area contributed by atoms with Crippen LogP contribution in [0.1, 0.15) is 49.1 Å². The molecule has 1 aliphatic heterocycles. The van der Waals surface area contributed by atoms with Gasteiger partial charge in [0.05, 0.1) is 32.1 Å². The second kappa shape index (κ2) is 12.4. The highest BCUT2D eigenvalue weighted by Crippen LogP contribution is 2.64. The predicted octanol–water partition coefficient (Wildman–Crippen LogP) is 4.08. The van der Waals surface area contributed by atoms with Gasteiger partial charge in [0, 0.05) is 49.4 Å². The number of amides is 1. The highest BCUT2D eigenvalue weighted by atomic mass is 32.2. The van der Waals surface area contributed by atoms with Crippen LogP contribution >= 0.6 is 11.3 Å². The Kier molecular flexibility index (Phi) is 9.25. The molecule has 1 saturated heterocycles. The van der Waals surface area contributed by atoms with E-state index >= 15 is 0 Å². The number of nitrogens with zero attached hydrogens (tertiary/aromatic N) is 3. The second-order valence-electron chi connectivity index (χ2n) is 12.6. The van der Waals surface area contributed by atoms with E-state index < -0.39 is 20.9 Å². The normalized spacial score (nSPS) is 24.0. The Balaban J connectivity index is 1.40. The van der Waals surface area contributed by atoms with Crippen LogP contribution < -0.4 is 0 Å². The molecule has 0 radical (unpaired) electrons. The highest BCUT2D eigenvalue weighted by molar-refractivity contribution is 7.89. The van der Waals surface area contributed by atoms with Gasteiger partial charge in [-0.1, -0.05) is 26.0 Å². The first-order valence-electron chi connectivity index (χ1n) is 14.8. The van der Waals surface area contributed by atoms with E-state index in [2.05, 4.69) is 4.90 Å². The number of rotatable bonds is 12. The Labute approximate surface area is 252 Å². The van der Waals surface area contributed by atoms with Gasteiger partial charge in [-0.15, -0.1) is 11.3 Å². The zero-order valence-electron chi connectivity index (χ0n) is 24.8. The van der Waals surface area contributed by atoms with E-state index in [1.807, 2.05) is 32.2 Å². The number of carbonyl (C=O) groups excluding carboxylic acids is 2. The monoisotopic (exact) mass is 619 g/mol. The first-order valence-corrected chi connectivity index (χ1v) is 17.3. The molecule has 8 nitrogen and oxygen atoms in total. The molecular formula is C31H42FN3O5S2. The SMILES string of the molecule is Cc1ccsc1CN(Cc1ccc(F)cc1)C(=O)CN(CCN1CCOCC1)S(=O)(=O)CC12CCC(CC1=O)C2(C)C. The van der Waals surface area contributed by atoms with Crippen molar-refractivity contribution in [1.82, 2.24) is 14.1 Å². The van der Waals surface area contributed by atoms with Gasteiger partial charge < -0.3 is 9.64 Å². The van der Waals surface area contributed by atoms with Crippen LogP contribution in [0, 0.1) is 29.5 Å². The highest BCUT2D eigenvalue weighted by Gasteiger charge is 2.65. The molecule has 2 aliphatic carbocycles. The zero-order valence-corrected chi connectivity index (χ0v) is 26.4. The molecule has 1 aromatic carbocycles. The first-order chi connectivity index (χ1) is 19.9. The lowest BCUT2D eigenvalue weighted by molar-refractivity contribution is -0.132. The number of fused-ring (bicyclic) bond motifs is 2. The Morgan fingerprint density at radius 1 is 1.14 bits per heavy atom. The molecule has 5 rings (SSSR count). The van der Waals surface area contributed by atoms with Gasteiger partial charge in [-0.25, -0.2) is 12.8 Å². The summed E-state index contributed by atoms with van der Waals surface area (Å²) >= 11 is 1.55. The number of benzene rings is 1. The topological polar surface area (TPSA) is 87.2 Å². The first kappa shape index (κ1) is 31.3. The van der Waals surface area contributed by atoms with Crippen molar-refractivity contribution in [3.8, 4) is 0 Å². The fourth-order valence-corrected chi connectivity index (χ4v) is 10.0. The molecule has 1 aromatic heterocycles. The molecule has 2 atom stereocenters. The molecule has 11 heteroatoms. The standard InChI is InChI=1S/C31H42FN3O5S2/c1-23-9-17-41-27(23)20-34(19-24-4-6-26(32)7-5-24)29(37)21-35(12-11-33-13-15-40-16-14-33)42(38,39)22-31-10-8-25(18-28(31)36)30(31,2)3/h4-7,9,17,25H,8,10-16,18-22H2,1-3H3. The third-order valence-electron chi connectivity index (χ3n) is 9.98. The predicted molar refractivity (Wildman–Crippen MR) is 161 cm³/mol. The average Bonchev–Trinajstić information content (AvgIpc) is 3.52. The molecule has 2 saturated carbocycles. The third kappa shape index (κ3) is 6.36. The quantitative estimate of drug-likeness (QED) is 0.356. The van der Waals surface area contributed by atoms with E-state index in [0.29, 0.717) is 52.2 Å². The van der Waals surface area contributed by atoms with E-state index in [4.69, 9.17) is 4.74 Å². The van der Waals surface area contributed by atoms with Crippen LogP contribution in [0.4, 0.5) is 4.39 Å². The molecule has 3 fully saturated rings. The Morgan fingerprint density at radius 3 is 2.45 bits per heavy atom. The van der Waals surface area contributed by atoms with Gasteiger partial charge in [0.2, 0.25) is 15.9 Å². The summed E-state index contributed by atoms with van der Waals surface area (Å²) in [5, 5.41) is 1.97. The summed E-state index contributed by atoms with van der Waals surface area (Å²) in [5.74, 6) is -0.706. The maximum Gasteiger partial charge on any atom is 0.238 e. The van der Waals surface area contributed by atoms with Crippen molar-refractivity contribution in [3.63, 3.8) is 0 Å². The zero-order chi connectivity index (χ0) is 30.1. The summed E-state index contributed by atoms with van der Waals surface area (Å²) in [4.78, 5) is 32.1. The van der Waals surface area contributed by atoms with Crippen LogP contribution in [-0.2, 0) is 37.4 Å². The van der Waals surface area contributed by atoms with Crippen molar-refractivity contribution < 1.29 is 27.1 Å². The van der Waals surface area contributed by atoms with E-state index in [1.165, 1.54) is 16.4 Å². The van der Waals surface area contributed by atoms with Gasteiger partial charge in [-0.2, -0.15) is 4.31 Å². The molecule has 2 bridgehead atoms. The van der Waals surface area contributed by atoms with Gasteiger partial charge in [0.15, 0.2) is 0 Å². The number of thiophene rings is 1. The van der Waals surface area contributed by atoms with E-state index in [9.17, 15) is 22.4 Å². The number of carbonyl (C=O) groups is 2. The van der Waals surface area contributed by atoms with Crippen molar-refractivity contribution in [2.75, 3.05) is 51.7 Å². The van der Waals surface area contributed by atoms with Crippen LogP contribution in [0.5, 0.6) is 0 Å². The van der Waals surface area contributed by atoms with Gasteiger partial charge in [0.25, 0.3) is 0 Å². The fourth-order valence-electron chi connectivity index (χ4n) is 6.94. The average molecular weight is 620 g/mol. The Hall–Kier alpha value is -2.18. The molecule has 230 valence electrons. The number of sulfonamides is 1. The van der Waals surface area contributed by atoms with E-state index in [1.54, 1.807) is 28.4 Å². The molecule has 0 spiro atoms. The van der Waals surface area contributed by atoms with Crippen LogP contribution in [-0.4, -0.2) is 85.9 Å². The molecule has 1 amide bonds. The van der Waals surface area contributed by atoms with Gasteiger partial charge in [-0.05, 0) is 65.8 Å². The van der Waals surface area contributed by atoms with Crippen LogP contribution in [0.25, 0.3) is 0 Å². The summed E-state index contributed by atoms with van der Waals surface area (Å²) in [6, 6.07) is 8.01. The molecule has 2 aromatic rings. The number of halogens is 1. The maximum atomic E-state index is 14.2. The van der Waals surface area contributed by atoms with Gasteiger partial charge in [-0.3, -0.25) is 14.5 Å². The van der Waals surface area contributed by atoms with Crippen LogP contribution in [0.2, 0.25) is 0 Å². The summed E-state index contributed by atoms with van der Waals surface area (Å²) in [6.07, 6.45) is 1.86. The lowest BCUT2D eigenvalue weighted by Gasteiger charge is -2.38. The number of aryl methyl sites for hydroxylation is 1. The van der Waals surface area contributed by atoms with Crippen molar-refractivity contribution in [3.05, 3.63) is 57.5 Å².